The summed E-state index contributed by atoms with van der Waals surface area (Å²) in [4.78, 5) is 0. The Morgan fingerprint density at radius 3 is 2.86 bits per heavy atom. The summed E-state index contributed by atoms with van der Waals surface area (Å²) in [5, 5.41) is 12.7. The molecule has 0 spiro atoms. The molecular formula is C10H6FN3. The molecule has 0 aliphatic heterocycles. The first kappa shape index (κ1) is 8.45. The number of aromatic nitrogens is 2. The van der Waals surface area contributed by atoms with Gasteiger partial charge in [-0.25, -0.2) is 9.07 Å². The predicted octanol–water partition coefficient (Wildman–Crippen LogP) is 1.88. The summed E-state index contributed by atoms with van der Waals surface area (Å²) in [6, 6.07) is 7.98. The Morgan fingerprint density at radius 1 is 1.36 bits per heavy atom. The van der Waals surface area contributed by atoms with E-state index in [1.165, 1.54) is 10.7 Å². The van der Waals surface area contributed by atoms with E-state index in [0.717, 1.165) is 0 Å². The van der Waals surface area contributed by atoms with Crippen LogP contribution >= 0.6 is 0 Å². The van der Waals surface area contributed by atoms with Crippen molar-refractivity contribution in [2.45, 2.75) is 0 Å². The fourth-order valence-electron chi connectivity index (χ4n) is 1.23. The zero-order chi connectivity index (χ0) is 9.97. The van der Waals surface area contributed by atoms with E-state index in [4.69, 9.17) is 5.26 Å². The monoisotopic (exact) mass is 187 g/mol. The average molecular weight is 187 g/mol. The molecule has 0 N–H and O–H groups in total. The Morgan fingerprint density at radius 2 is 2.21 bits per heavy atom. The van der Waals surface area contributed by atoms with Gasteiger partial charge in [-0.1, -0.05) is 6.07 Å². The van der Waals surface area contributed by atoms with Crippen LogP contribution in [0, 0.1) is 17.1 Å². The lowest BCUT2D eigenvalue weighted by Crippen LogP contribution is -1.99. The molecule has 2 aromatic rings. The fraction of sp³-hybridized carbons (Fsp3) is 0. The second kappa shape index (κ2) is 3.30. The summed E-state index contributed by atoms with van der Waals surface area (Å²) in [7, 11) is 0. The highest BCUT2D eigenvalue weighted by Crippen LogP contribution is 2.15. The smallest absolute Gasteiger partial charge is 0.143 e. The topological polar surface area (TPSA) is 41.6 Å². The fourth-order valence-corrected chi connectivity index (χ4v) is 1.23. The number of nitriles is 1. The molecule has 0 fully saturated rings. The van der Waals surface area contributed by atoms with E-state index >= 15 is 0 Å². The minimum absolute atomic E-state index is 0.0104. The first-order chi connectivity index (χ1) is 6.83. The standard InChI is InChI=1S/C10H6FN3/c11-9-3-1-4-10(8(9)7-12)14-6-2-5-13-14/h1-6H. The van der Waals surface area contributed by atoms with Gasteiger partial charge in [0.15, 0.2) is 0 Å². The third kappa shape index (κ3) is 1.25. The van der Waals surface area contributed by atoms with Crippen LogP contribution in [0.2, 0.25) is 0 Å². The molecule has 4 heteroatoms. The maximum atomic E-state index is 13.2. The van der Waals surface area contributed by atoms with Crippen molar-refractivity contribution in [3.8, 4) is 11.8 Å². The maximum Gasteiger partial charge on any atom is 0.143 e. The summed E-state index contributed by atoms with van der Waals surface area (Å²) in [6.07, 6.45) is 3.24. The van der Waals surface area contributed by atoms with Crippen LogP contribution < -0.4 is 0 Å². The van der Waals surface area contributed by atoms with Gasteiger partial charge in [-0.2, -0.15) is 10.4 Å². The minimum atomic E-state index is -0.527. The molecule has 0 aliphatic rings. The molecule has 1 heterocycles. The van der Waals surface area contributed by atoms with Gasteiger partial charge >= 0.3 is 0 Å². The highest BCUT2D eigenvalue weighted by atomic mass is 19.1. The van der Waals surface area contributed by atoms with Crippen molar-refractivity contribution in [1.29, 1.82) is 5.26 Å². The third-order valence-corrected chi connectivity index (χ3v) is 1.85. The van der Waals surface area contributed by atoms with E-state index in [-0.39, 0.29) is 5.56 Å². The van der Waals surface area contributed by atoms with Gasteiger partial charge in [0.05, 0.1) is 5.69 Å². The SMILES string of the molecule is N#Cc1c(F)cccc1-n1cccn1. The number of hydrogen-bond acceptors (Lipinski definition) is 2. The highest BCUT2D eigenvalue weighted by molar-refractivity contribution is 5.48. The van der Waals surface area contributed by atoms with Gasteiger partial charge in [0.25, 0.3) is 0 Å². The van der Waals surface area contributed by atoms with E-state index in [9.17, 15) is 4.39 Å². The van der Waals surface area contributed by atoms with E-state index < -0.39 is 5.82 Å². The maximum absolute atomic E-state index is 13.2. The van der Waals surface area contributed by atoms with E-state index in [0.29, 0.717) is 5.69 Å². The first-order valence-electron chi connectivity index (χ1n) is 4.01. The molecule has 1 aromatic heterocycles. The first-order valence-corrected chi connectivity index (χ1v) is 4.01. The lowest BCUT2D eigenvalue weighted by atomic mass is 10.2. The van der Waals surface area contributed by atoms with Crippen molar-refractivity contribution in [3.05, 3.63) is 48.0 Å². The molecule has 0 atom stereocenters. The summed E-state index contributed by atoms with van der Waals surface area (Å²) in [6.45, 7) is 0. The quantitative estimate of drug-likeness (QED) is 0.684. The highest BCUT2D eigenvalue weighted by Gasteiger charge is 2.08. The van der Waals surface area contributed by atoms with Crippen molar-refractivity contribution in [2.75, 3.05) is 0 Å². The van der Waals surface area contributed by atoms with Crippen LogP contribution in [0.4, 0.5) is 4.39 Å². The Labute approximate surface area is 80.0 Å². The Balaban J connectivity index is 2.66. The van der Waals surface area contributed by atoms with E-state index in [2.05, 4.69) is 5.10 Å². The van der Waals surface area contributed by atoms with Crippen LogP contribution in [0.15, 0.2) is 36.7 Å². The summed E-state index contributed by atoms with van der Waals surface area (Å²) >= 11 is 0. The number of benzene rings is 1. The van der Waals surface area contributed by atoms with Crippen LogP contribution in [0.25, 0.3) is 5.69 Å². The van der Waals surface area contributed by atoms with Crippen LogP contribution in [0.1, 0.15) is 5.56 Å². The van der Waals surface area contributed by atoms with Gasteiger partial charge in [-0.3, -0.25) is 0 Å². The minimum Gasteiger partial charge on any atom is -0.240 e. The molecule has 0 unspecified atom stereocenters. The largest absolute Gasteiger partial charge is 0.240 e. The van der Waals surface area contributed by atoms with E-state index in [1.807, 2.05) is 6.07 Å². The lowest BCUT2D eigenvalue weighted by Gasteiger charge is -2.03. The second-order valence-electron chi connectivity index (χ2n) is 2.70. The zero-order valence-electron chi connectivity index (χ0n) is 7.18. The van der Waals surface area contributed by atoms with Crippen molar-refractivity contribution in [2.24, 2.45) is 0 Å². The average Bonchev–Trinajstić information content (AvgIpc) is 2.70. The molecule has 3 nitrogen and oxygen atoms in total. The number of nitrogens with zero attached hydrogens (tertiary/aromatic N) is 3. The van der Waals surface area contributed by atoms with Crippen LogP contribution in [-0.2, 0) is 0 Å². The van der Waals surface area contributed by atoms with Crippen molar-refractivity contribution in [1.82, 2.24) is 9.78 Å². The zero-order valence-corrected chi connectivity index (χ0v) is 7.18. The molecule has 14 heavy (non-hydrogen) atoms. The summed E-state index contributed by atoms with van der Waals surface area (Å²) < 4.78 is 14.6. The van der Waals surface area contributed by atoms with Crippen LogP contribution in [0.3, 0.4) is 0 Å². The normalized spacial score (nSPS) is 9.71. The molecule has 68 valence electrons. The number of hydrogen-bond donors (Lipinski definition) is 0. The molecule has 0 saturated heterocycles. The molecular weight excluding hydrogens is 181 g/mol. The van der Waals surface area contributed by atoms with Crippen LogP contribution in [-0.4, -0.2) is 9.78 Å². The second-order valence-corrected chi connectivity index (χ2v) is 2.70. The summed E-state index contributed by atoms with van der Waals surface area (Å²) in [5.41, 5.74) is 0.466. The molecule has 2 rings (SSSR count). The number of halogens is 1. The van der Waals surface area contributed by atoms with Gasteiger partial charge in [0.2, 0.25) is 0 Å². The third-order valence-electron chi connectivity index (χ3n) is 1.85. The van der Waals surface area contributed by atoms with Crippen molar-refractivity contribution >= 4 is 0 Å². The Hall–Kier alpha value is -2.15. The lowest BCUT2D eigenvalue weighted by molar-refractivity contribution is 0.621. The number of rotatable bonds is 1. The van der Waals surface area contributed by atoms with Gasteiger partial charge in [0.1, 0.15) is 17.4 Å². The molecule has 0 amide bonds. The predicted molar refractivity (Wildman–Crippen MR) is 48.2 cm³/mol. The Bertz CT molecular complexity index is 483. The molecule has 0 radical (unpaired) electrons. The van der Waals surface area contributed by atoms with Crippen LogP contribution in [0.5, 0.6) is 0 Å². The molecule has 0 bridgehead atoms. The Kier molecular flexibility index (Phi) is 1.99. The summed E-state index contributed by atoms with van der Waals surface area (Å²) in [5.74, 6) is -0.527. The molecule has 1 aromatic carbocycles. The van der Waals surface area contributed by atoms with Crippen molar-refractivity contribution in [3.63, 3.8) is 0 Å². The van der Waals surface area contributed by atoms with Gasteiger partial charge in [-0.15, -0.1) is 0 Å². The van der Waals surface area contributed by atoms with Gasteiger partial charge in [0, 0.05) is 12.4 Å². The van der Waals surface area contributed by atoms with E-state index in [1.54, 1.807) is 30.6 Å². The van der Waals surface area contributed by atoms with Gasteiger partial charge < -0.3 is 0 Å². The molecule has 0 aliphatic carbocycles. The van der Waals surface area contributed by atoms with Gasteiger partial charge in [-0.05, 0) is 18.2 Å². The molecule has 0 saturated carbocycles. The van der Waals surface area contributed by atoms with Crippen molar-refractivity contribution < 1.29 is 4.39 Å².